The number of carbonyl (C=O) groups is 1. The van der Waals surface area contributed by atoms with Crippen molar-refractivity contribution in [3.63, 3.8) is 0 Å². The minimum atomic E-state index is -0.642. The van der Waals surface area contributed by atoms with Crippen molar-refractivity contribution in [2.45, 2.75) is 20.0 Å². The van der Waals surface area contributed by atoms with Gasteiger partial charge < -0.3 is 19.3 Å². The lowest BCUT2D eigenvalue weighted by Gasteiger charge is -2.16. The first-order chi connectivity index (χ1) is 19.5. The van der Waals surface area contributed by atoms with Crippen molar-refractivity contribution in [3.05, 3.63) is 118 Å². The molecule has 0 atom stereocenters. The van der Waals surface area contributed by atoms with Crippen molar-refractivity contribution in [1.29, 1.82) is 5.26 Å². The lowest BCUT2D eigenvalue weighted by Crippen LogP contribution is -2.12. The molecule has 0 saturated heterocycles. The second-order valence-corrected chi connectivity index (χ2v) is 9.60. The van der Waals surface area contributed by atoms with Gasteiger partial charge in [0, 0.05) is 11.1 Å². The third kappa shape index (κ3) is 6.45. The molecule has 4 rings (SSSR count). The predicted molar refractivity (Wildman–Crippen MR) is 158 cm³/mol. The van der Waals surface area contributed by atoms with Crippen LogP contribution in [-0.4, -0.2) is 29.8 Å². The van der Waals surface area contributed by atoms with E-state index >= 15 is 0 Å². The number of aliphatic hydroxyl groups excluding tert-OH is 1. The molecule has 1 aliphatic rings. The van der Waals surface area contributed by atoms with Crippen molar-refractivity contribution in [2.75, 3.05) is 13.7 Å². The first kappa shape index (κ1) is 28.3. The van der Waals surface area contributed by atoms with E-state index in [1.54, 1.807) is 38.3 Å². The summed E-state index contributed by atoms with van der Waals surface area (Å²) in [5.41, 5.74) is 3.50. The average molecular weight is 553 g/mol. The van der Waals surface area contributed by atoms with Crippen molar-refractivity contribution < 1.29 is 24.1 Å². The van der Waals surface area contributed by atoms with E-state index in [2.05, 4.69) is 17.6 Å². The summed E-state index contributed by atoms with van der Waals surface area (Å²) in [5, 5.41) is 20.8. The molecule has 0 unspecified atom stereocenters. The van der Waals surface area contributed by atoms with E-state index in [1.165, 1.54) is 11.8 Å². The molecule has 40 heavy (non-hydrogen) atoms. The number of methoxy groups -OCH3 is 1. The van der Waals surface area contributed by atoms with Gasteiger partial charge in [-0.3, -0.25) is 0 Å². The van der Waals surface area contributed by atoms with Gasteiger partial charge in [0.05, 0.1) is 35.9 Å². The fourth-order valence-electron chi connectivity index (χ4n) is 4.06. The standard InChI is InChI=1S/C32H28N2O5S/c1-4-11-22-16-21(17-26(37-3)30(22)39-20-24-13-10-9-12-23(24)19-33)18-27-29(35)28(32(36)38-5-2)31(40-27)34-25-14-7-6-8-15-25/h4,6-10,12-18,35H,1,5,11,20H2,2-3H3/b27-18-,34-31?. The minimum absolute atomic E-state index is 0.0244. The van der Waals surface area contributed by atoms with E-state index in [4.69, 9.17) is 14.2 Å². The van der Waals surface area contributed by atoms with Crippen LogP contribution in [0.25, 0.3) is 6.08 Å². The maximum absolute atomic E-state index is 12.7. The third-order valence-corrected chi connectivity index (χ3v) is 6.92. The predicted octanol–water partition coefficient (Wildman–Crippen LogP) is 7.07. The number of allylic oxidation sites excluding steroid dienone is 1. The zero-order valence-corrected chi connectivity index (χ0v) is 23.0. The second-order valence-electron chi connectivity index (χ2n) is 8.57. The van der Waals surface area contributed by atoms with Gasteiger partial charge in [0.2, 0.25) is 0 Å². The maximum Gasteiger partial charge on any atom is 0.344 e. The van der Waals surface area contributed by atoms with Gasteiger partial charge >= 0.3 is 5.97 Å². The molecule has 8 heteroatoms. The van der Waals surface area contributed by atoms with Crippen LogP contribution < -0.4 is 9.47 Å². The van der Waals surface area contributed by atoms with Gasteiger partial charge in [0.1, 0.15) is 23.0 Å². The number of ether oxygens (including phenoxy) is 3. The van der Waals surface area contributed by atoms with E-state index in [0.29, 0.717) is 39.1 Å². The Morgan fingerprint density at radius 2 is 1.88 bits per heavy atom. The normalized spacial score (nSPS) is 14.7. The fourth-order valence-corrected chi connectivity index (χ4v) is 5.09. The molecule has 1 N–H and O–H groups in total. The number of para-hydroxylation sites is 1. The molecule has 7 nitrogen and oxygen atoms in total. The molecule has 0 fully saturated rings. The molecule has 0 spiro atoms. The molecular formula is C32H28N2O5S. The molecular weight excluding hydrogens is 524 g/mol. The van der Waals surface area contributed by atoms with E-state index < -0.39 is 5.97 Å². The van der Waals surface area contributed by atoms with Gasteiger partial charge in [0.25, 0.3) is 0 Å². The smallest absolute Gasteiger partial charge is 0.344 e. The van der Waals surface area contributed by atoms with Gasteiger partial charge in [-0.1, -0.05) is 54.2 Å². The molecule has 0 amide bonds. The molecule has 0 radical (unpaired) electrons. The molecule has 1 heterocycles. The molecule has 3 aromatic carbocycles. The van der Waals surface area contributed by atoms with Crippen molar-refractivity contribution in [3.8, 4) is 17.6 Å². The second kappa shape index (κ2) is 13.4. The first-order valence-electron chi connectivity index (χ1n) is 12.6. The van der Waals surface area contributed by atoms with Crippen molar-refractivity contribution in [2.24, 2.45) is 4.99 Å². The highest BCUT2D eigenvalue weighted by atomic mass is 32.2. The summed E-state index contributed by atoms with van der Waals surface area (Å²) in [4.78, 5) is 17.8. The van der Waals surface area contributed by atoms with Gasteiger partial charge in [-0.25, -0.2) is 9.79 Å². The quantitative estimate of drug-likeness (QED) is 0.212. The summed E-state index contributed by atoms with van der Waals surface area (Å²) in [6, 6.07) is 22.3. The molecule has 0 aliphatic carbocycles. The summed E-state index contributed by atoms with van der Waals surface area (Å²) in [7, 11) is 1.55. The van der Waals surface area contributed by atoms with Crippen molar-refractivity contribution >= 4 is 34.5 Å². The zero-order valence-electron chi connectivity index (χ0n) is 22.2. The lowest BCUT2D eigenvalue weighted by molar-refractivity contribution is -0.138. The molecule has 1 aliphatic heterocycles. The Kier molecular flexibility index (Phi) is 9.44. The number of esters is 1. The number of hydrogen-bond donors (Lipinski definition) is 1. The zero-order chi connectivity index (χ0) is 28.5. The van der Waals surface area contributed by atoms with Crippen LogP contribution in [0.5, 0.6) is 11.5 Å². The number of hydrogen-bond acceptors (Lipinski definition) is 8. The Morgan fingerprint density at radius 3 is 2.58 bits per heavy atom. The number of nitriles is 1. The van der Waals surface area contributed by atoms with Crippen LogP contribution >= 0.6 is 11.8 Å². The maximum atomic E-state index is 12.7. The van der Waals surface area contributed by atoms with Crippen LogP contribution in [0.15, 0.2) is 101 Å². The fraction of sp³-hybridized carbons (Fsp3) is 0.156. The Balaban J connectivity index is 1.72. The Bertz CT molecular complexity index is 1550. The topological polar surface area (TPSA) is 101 Å². The van der Waals surface area contributed by atoms with Crippen LogP contribution in [-0.2, 0) is 22.6 Å². The van der Waals surface area contributed by atoms with Crippen LogP contribution in [0.3, 0.4) is 0 Å². The Hall–Kier alpha value is -4.74. The summed E-state index contributed by atoms with van der Waals surface area (Å²) >= 11 is 1.18. The molecule has 0 saturated carbocycles. The number of nitrogens with zero attached hydrogens (tertiary/aromatic N) is 2. The number of benzene rings is 3. The van der Waals surface area contributed by atoms with Gasteiger partial charge in [0.15, 0.2) is 11.5 Å². The number of aliphatic imine (C=N–C) groups is 1. The molecule has 202 valence electrons. The minimum Gasteiger partial charge on any atom is -0.506 e. The molecule has 0 bridgehead atoms. The Morgan fingerprint density at radius 1 is 1.12 bits per heavy atom. The highest BCUT2D eigenvalue weighted by molar-refractivity contribution is 8.18. The van der Waals surface area contributed by atoms with Gasteiger partial charge in [-0.05, 0) is 55.3 Å². The van der Waals surface area contributed by atoms with E-state index in [9.17, 15) is 15.2 Å². The largest absolute Gasteiger partial charge is 0.506 e. The highest BCUT2D eigenvalue weighted by Gasteiger charge is 2.33. The SMILES string of the molecule is C=CCc1cc(/C=C2\SC(=Nc3ccccc3)C(C(=O)OCC)=C2O)cc(OC)c1OCc1ccccc1C#N. The van der Waals surface area contributed by atoms with E-state index in [0.717, 1.165) is 16.7 Å². The number of thioether (sulfide) groups is 1. The van der Waals surface area contributed by atoms with Gasteiger partial charge in [-0.2, -0.15) is 5.26 Å². The first-order valence-corrected chi connectivity index (χ1v) is 13.4. The van der Waals surface area contributed by atoms with Crippen molar-refractivity contribution in [1.82, 2.24) is 0 Å². The third-order valence-electron chi connectivity index (χ3n) is 5.90. The van der Waals surface area contributed by atoms with Crippen LogP contribution in [0.1, 0.15) is 29.2 Å². The lowest BCUT2D eigenvalue weighted by atomic mass is 10.0. The monoisotopic (exact) mass is 552 g/mol. The van der Waals surface area contributed by atoms with Crippen LogP contribution in [0, 0.1) is 11.3 Å². The number of carbonyl (C=O) groups excluding carboxylic acids is 1. The molecule has 0 aromatic heterocycles. The summed E-state index contributed by atoms with van der Waals surface area (Å²) in [5.74, 6) is 0.179. The summed E-state index contributed by atoms with van der Waals surface area (Å²) < 4.78 is 17.0. The average Bonchev–Trinajstić information content (AvgIpc) is 3.26. The molecule has 3 aromatic rings. The Labute approximate surface area is 237 Å². The number of aliphatic hydroxyl groups is 1. The highest BCUT2D eigenvalue weighted by Crippen LogP contribution is 2.42. The van der Waals surface area contributed by atoms with Crippen LogP contribution in [0.4, 0.5) is 5.69 Å². The summed E-state index contributed by atoms with van der Waals surface area (Å²) in [6.45, 7) is 5.93. The van der Waals surface area contributed by atoms with Crippen LogP contribution in [0.2, 0.25) is 0 Å². The van der Waals surface area contributed by atoms with E-state index in [1.807, 2.05) is 54.6 Å². The van der Waals surface area contributed by atoms with Gasteiger partial charge in [-0.15, -0.1) is 6.58 Å². The number of rotatable bonds is 10. The summed E-state index contributed by atoms with van der Waals surface area (Å²) in [6.07, 6.45) is 4.01. The van der Waals surface area contributed by atoms with E-state index in [-0.39, 0.29) is 24.5 Å².